The SMILES string of the molecule is C[C@@H](NCCCCCCO)c1ccccc1. The van der Waals surface area contributed by atoms with Gasteiger partial charge in [0.25, 0.3) is 0 Å². The number of hydrogen-bond donors (Lipinski definition) is 2. The van der Waals surface area contributed by atoms with Gasteiger partial charge in [0.05, 0.1) is 0 Å². The second kappa shape index (κ2) is 8.31. The Morgan fingerprint density at radius 1 is 1.06 bits per heavy atom. The lowest BCUT2D eigenvalue weighted by Crippen LogP contribution is -2.19. The van der Waals surface area contributed by atoms with Gasteiger partial charge >= 0.3 is 0 Å². The summed E-state index contributed by atoms with van der Waals surface area (Å²) in [6, 6.07) is 10.9. The van der Waals surface area contributed by atoms with Gasteiger partial charge in [-0.1, -0.05) is 43.2 Å². The molecule has 0 fully saturated rings. The van der Waals surface area contributed by atoms with E-state index in [9.17, 15) is 0 Å². The smallest absolute Gasteiger partial charge is 0.0431 e. The van der Waals surface area contributed by atoms with Gasteiger partial charge in [-0.2, -0.15) is 0 Å². The topological polar surface area (TPSA) is 32.3 Å². The van der Waals surface area contributed by atoms with Crippen LogP contribution in [-0.2, 0) is 0 Å². The van der Waals surface area contributed by atoms with Crippen molar-refractivity contribution in [2.45, 2.75) is 38.6 Å². The molecule has 2 heteroatoms. The Labute approximate surface area is 98.7 Å². The van der Waals surface area contributed by atoms with Crippen LogP contribution < -0.4 is 5.32 Å². The van der Waals surface area contributed by atoms with E-state index in [1.165, 1.54) is 18.4 Å². The molecule has 0 saturated carbocycles. The highest BCUT2D eigenvalue weighted by Crippen LogP contribution is 2.11. The van der Waals surface area contributed by atoms with Crippen molar-refractivity contribution in [3.05, 3.63) is 35.9 Å². The number of unbranched alkanes of at least 4 members (excludes halogenated alkanes) is 3. The number of benzene rings is 1. The van der Waals surface area contributed by atoms with Gasteiger partial charge in [0.15, 0.2) is 0 Å². The maximum atomic E-state index is 8.64. The normalized spacial score (nSPS) is 12.6. The largest absolute Gasteiger partial charge is 0.396 e. The van der Waals surface area contributed by atoms with Crippen LogP contribution in [0.15, 0.2) is 30.3 Å². The van der Waals surface area contributed by atoms with Crippen LogP contribution in [0.3, 0.4) is 0 Å². The third-order valence-electron chi connectivity index (χ3n) is 2.83. The van der Waals surface area contributed by atoms with E-state index in [1.807, 2.05) is 6.07 Å². The fraction of sp³-hybridized carbons (Fsp3) is 0.571. The van der Waals surface area contributed by atoms with E-state index >= 15 is 0 Å². The predicted octanol–water partition coefficient (Wildman–Crippen LogP) is 2.89. The molecule has 0 radical (unpaired) electrons. The van der Waals surface area contributed by atoms with Crippen LogP contribution in [0.1, 0.15) is 44.2 Å². The van der Waals surface area contributed by atoms with Crippen LogP contribution in [0.5, 0.6) is 0 Å². The first-order valence-electron chi connectivity index (χ1n) is 6.24. The first-order chi connectivity index (χ1) is 7.84. The molecule has 0 aliphatic carbocycles. The number of rotatable bonds is 8. The first kappa shape index (κ1) is 13.2. The highest BCUT2D eigenvalue weighted by molar-refractivity contribution is 5.17. The molecule has 0 spiro atoms. The standard InChI is InChI=1S/C14H23NO/c1-13(14-9-5-4-6-10-14)15-11-7-2-3-8-12-16/h4-6,9-10,13,15-16H,2-3,7-8,11-12H2,1H3/t13-/m1/s1. The van der Waals surface area contributed by atoms with Crippen molar-refractivity contribution in [2.75, 3.05) is 13.2 Å². The quantitative estimate of drug-likeness (QED) is 0.662. The van der Waals surface area contributed by atoms with Gasteiger partial charge in [0.1, 0.15) is 0 Å². The summed E-state index contributed by atoms with van der Waals surface area (Å²) in [7, 11) is 0. The van der Waals surface area contributed by atoms with Gasteiger partial charge in [-0.25, -0.2) is 0 Å². The summed E-state index contributed by atoms with van der Waals surface area (Å²) in [4.78, 5) is 0. The van der Waals surface area contributed by atoms with Crippen molar-refractivity contribution in [1.29, 1.82) is 0 Å². The van der Waals surface area contributed by atoms with Crippen LogP contribution in [0.2, 0.25) is 0 Å². The van der Waals surface area contributed by atoms with E-state index in [0.717, 1.165) is 19.4 Å². The van der Waals surface area contributed by atoms with E-state index in [4.69, 9.17) is 5.11 Å². The monoisotopic (exact) mass is 221 g/mol. The number of aliphatic hydroxyl groups excluding tert-OH is 1. The van der Waals surface area contributed by atoms with Crippen molar-refractivity contribution >= 4 is 0 Å². The zero-order chi connectivity index (χ0) is 11.6. The average Bonchev–Trinajstić information content (AvgIpc) is 2.34. The molecule has 0 aliphatic heterocycles. The number of hydrogen-bond acceptors (Lipinski definition) is 2. The highest BCUT2D eigenvalue weighted by atomic mass is 16.2. The zero-order valence-corrected chi connectivity index (χ0v) is 10.2. The van der Waals surface area contributed by atoms with Crippen molar-refractivity contribution in [2.24, 2.45) is 0 Å². The van der Waals surface area contributed by atoms with Gasteiger partial charge in [-0.3, -0.25) is 0 Å². The molecule has 1 aromatic carbocycles. The minimum atomic E-state index is 0.327. The van der Waals surface area contributed by atoms with Gasteiger partial charge in [0.2, 0.25) is 0 Å². The third-order valence-corrected chi connectivity index (χ3v) is 2.83. The second-order valence-electron chi connectivity index (χ2n) is 4.22. The Kier molecular flexibility index (Phi) is 6.86. The minimum Gasteiger partial charge on any atom is -0.396 e. The number of aliphatic hydroxyl groups is 1. The van der Waals surface area contributed by atoms with Gasteiger partial charge < -0.3 is 10.4 Å². The predicted molar refractivity (Wildman–Crippen MR) is 68.4 cm³/mol. The maximum absolute atomic E-state index is 8.64. The van der Waals surface area contributed by atoms with Crippen LogP contribution in [0.4, 0.5) is 0 Å². The summed E-state index contributed by atoms with van der Waals surface area (Å²) in [5.74, 6) is 0. The van der Waals surface area contributed by atoms with Gasteiger partial charge in [-0.15, -0.1) is 0 Å². The molecule has 1 atom stereocenters. The molecule has 0 aromatic heterocycles. The molecule has 0 bridgehead atoms. The Balaban J connectivity index is 2.09. The van der Waals surface area contributed by atoms with Gasteiger partial charge in [0, 0.05) is 12.6 Å². The summed E-state index contributed by atoms with van der Waals surface area (Å²) in [5.41, 5.74) is 1.35. The molecule has 0 saturated heterocycles. The van der Waals surface area contributed by atoms with Crippen LogP contribution in [0, 0.1) is 0 Å². The third kappa shape index (κ3) is 5.29. The van der Waals surface area contributed by atoms with E-state index in [1.54, 1.807) is 0 Å². The summed E-state index contributed by atoms with van der Waals surface area (Å²) < 4.78 is 0. The van der Waals surface area contributed by atoms with Crippen molar-refractivity contribution in [3.8, 4) is 0 Å². The molecule has 1 rings (SSSR count). The lowest BCUT2D eigenvalue weighted by Gasteiger charge is -2.13. The first-order valence-corrected chi connectivity index (χ1v) is 6.24. The van der Waals surface area contributed by atoms with Gasteiger partial charge in [-0.05, 0) is 31.9 Å². The lowest BCUT2D eigenvalue weighted by molar-refractivity contribution is 0.282. The fourth-order valence-electron chi connectivity index (χ4n) is 1.77. The Morgan fingerprint density at radius 2 is 1.75 bits per heavy atom. The van der Waals surface area contributed by atoms with Crippen molar-refractivity contribution in [3.63, 3.8) is 0 Å². The summed E-state index contributed by atoms with van der Waals surface area (Å²) >= 11 is 0. The number of nitrogens with one attached hydrogen (secondary N) is 1. The maximum Gasteiger partial charge on any atom is 0.0431 e. The fourth-order valence-corrected chi connectivity index (χ4v) is 1.77. The average molecular weight is 221 g/mol. The molecule has 0 aliphatic rings. The Hall–Kier alpha value is -0.860. The Morgan fingerprint density at radius 3 is 2.44 bits per heavy atom. The summed E-state index contributed by atoms with van der Waals surface area (Å²) in [5, 5.41) is 12.2. The second-order valence-corrected chi connectivity index (χ2v) is 4.22. The molecule has 90 valence electrons. The summed E-state index contributed by atoms with van der Waals surface area (Å²) in [6.45, 7) is 3.58. The van der Waals surface area contributed by atoms with E-state index < -0.39 is 0 Å². The summed E-state index contributed by atoms with van der Waals surface area (Å²) in [6.07, 6.45) is 4.47. The molecule has 2 nitrogen and oxygen atoms in total. The molecule has 0 heterocycles. The molecule has 16 heavy (non-hydrogen) atoms. The molecule has 0 amide bonds. The molecule has 2 N–H and O–H groups in total. The molecular formula is C14H23NO. The van der Waals surface area contributed by atoms with Crippen molar-refractivity contribution in [1.82, 2.24) is 5.32 Å². The molecular weight excluding hydrogens is 198 g/mol. The van der Waals surface area contributed by atoms with E-state index in [0.29, 0.717) is 12.6 Å². The minimum absolute atomic E-state index is 0.327. The van der Waals surface area contributed by atoms with Crippen molar-refractivity contribution < 1.29 is 5.11 Å². The lowest BCUT2D eigenvalue weighted by atomic mass is 10.1. The van der Waals surface area contributed by atoms with Crippen LogP contribution in [0.25, 0.3) is 0 Å². The molecule has 0 unspecified atom stereocenters. The van der Waals surface area contributed by atoms with E-state index in [-0.39, 0.29) is 0 Å². The molecule has 1 aromatic rings. The van der Waals surface area contributed by atoms with Crippen LogP contribution in [-0.4, -0.2) is 18.3 Å². The Bertz CT molecular complexity index is 261. The van der Waals surface area contributed by atoms with E-state index in [2.05, 4.69) is 36.5 Å². The zero-order valence-electron chi connectivity index (χ0n) is 10.2. The highest BCUT2D eigenvalue weighted by Gasteiger charge is 2.02. The van der Waals surface area contributed by atoms with Crippen LogP contribution >= 0.6 is 0 Å².